The Kier molecular flexibility index (Phi) is 4.22. The highest BCUT2D eigenvalue weighted by Gasteiger charge is 2.35. The summed E-state index contributed by atoms with van der Waals surface area (Å²) in [4.78, 5) is 14.7. The number of nitrogens with zero attached hydrogens (tertiary/aromatic N) is 3. The van der Waals surface area contributed by atoms with Crippen LogP contribution in [0.5, 0.6) is 0 Å². The molecule has 1 amide bonds. The number of aromatic nitrogens is 2. The first-order chi connectivity index (χ1) is 11.3. The van der Waals surface area contributed by atoms with Crippen molar-refractivity contribution in [3.8, 4) is 5.69 Å². The largest absolute Gasteiger partial charge is 0.338 e. The standard InChI is InChI=1S/C19H26N4O/c1-13-11-14(2)23(21-13)16-7-5-15(6-8-16)18(24)22-10-9-17(20)19(3,4)12-22/h5-8,11,17H,9-10,12,20H2,1-4H3. The van der Waals surface area contributed by atoms with E-state index in [1.54, 1.807) is 0 Å². The molecule has 2 aromatic rings. The summed E-state index contributed by atoms with van der Waals surface area (Å²) < 4.78 is 1.90. The number of carbonyl (C=O) groups is 1. The summed E-state index contributed by atoms with van der Waals surface area (Å²) in [6.07, 6.45) is 0.850. The van der Waals surface area contributed by atoms with Crippen molar-refractivity contribution in [1.82, 2.24) is 14.7 Å². The molecule has 1 aliphatic heterocycles. The Balaban J connectivity index is 1.78. The smallest absolute Gasteiger partial charge is 0.253 e. The van der Waals surface area contributed by atoms with E-state index < -0.39 is 0 Å². The third kappa shape index (κ3) is 3.08. The number of carbonyl (C=O) groups excluding carboxylic acids is 1. The maximum atomic E-state index is 12.8. The lowest BCUT2D eigenvalue weighted by Crippen LogP contribution is -2.53. The third-order valence-electron chi connectivity index (χ3n) is 4.97. The predicted molar refractivity (Wildman–Crippen MR) is 95.3 cm³/mol. The highest BCUT2D eigenvalue weighted by atomic mass is 16.2. The molecule has 2 heterocycles. The van der Waals surface area contributed by atoms with E-state index in [0.29, 0.717) is 12.1 Å². The Morgan fingerprint density at radius 1 is 1.25 bits per heavy atom. The van der Waals surface area contributed by atoms with Crippen LogP contribution >= 0.6 is 0 Å². The molecule has 5 nitrogen and oxygen atoms in total. The van der Waals surface area contributed by atoms with Crippen LogP contribution in [0.2, 0.25) is 0 Å². The molecule has 1 aromatic heterocycles. The fraction of sp³-hybridized carbons (Fsp3) is 0.474. The van der Waals surface area contributed by atoms with Crippen molar-refractivity contribution in [3.05, 3.63) is 47.3 Å². The highest BCUT2D eigenvalue weighted by molar-refractivity contribution is 5.94. The zero-order valence-corrected chi connectivity index (χ0v) is 14.9. The van der Waals surface area contributed by atoms with Gasteiger partial charge in [0.05, 0.1) is 11.4 Å². The van der Waals surface area contributed by atoms with Gasteiger partial charge in [-0.1, -0.05) is 13.8 Å². The average Bonchev–Trinajstić information content (AvgIpc) is 2.88. The monoisotopic (exact) mass is 326 g/mol. The zero-order chi connectivity index (χ0) is 17.5. The molecule has 1 fully saturated rings. The number of nitrogens with two attached hydrogens (primary N) is 1. The summed E-state index contributed by atoms with van der Waals surface area (Å²) >= 11 is 0. The summed E-state index contributed by atoms with van der Waals surface area (Å²) in [6, 6.07) is 9.86. The summed E-state index contributed by atoms with van der Waals surface area (Å²) in [5, 5.41) is 4.48. The molecule has 24 heavy (non-hydrogen) atoms. The SMILES string of the molecule is Cc1cc(C)n(-c2ccc(C(=O)N3CCC(N)C(C)(C)C3)cc2)n1. The maximum Gasteiger partial charge on any atom is 0.253 e. The molecule has 1 atom stereocenters. The molecule has 1 saturated heterocycles. The molecule has 2 N–H and O–H groups in total. The summed E-state index contributed by atoms with van der Waals surface area (Å²) in [5.41, 5.74) is 9.87. The van der Waals surface area contributed by atoms with Gasteiger partial charge < -0.3 is 10.6 Å². The fourth-order valence-electron chi connectivity index (χ4n) is 3.37. The van der Waals surface area contributed by atoms with Gasteiger partial charge in [0, 0.05) is 30.4 Å². The normalized spacial score (nSPS) is 20.2. The van der Waals surface area contributed by atoms with Crippen LogP contribution in [0.15, 0.2) is 30.3 Å². The van der Waals surface area contributed by atoms with E-state index >= 15 is 0 Å². The maximum absolute atomic E-state index is 12.8. The highest BCUT2D eigenvalue weighted by Crippen LogP contribution is 2.28. The summed E-state index contributed by atoms with van der Waals surface area (Å²) in [5.74, 6) is 0.0786. The quantitative estimate of drug-likeness (QED) is 0.923. The first-order valence-corrected chi connectivity index (χ1v) is 8.46. The second-order valence-corrected chi connectivity index (χ2v) is 7.50. The van der Waals surface area contributed by atoms with Gasteiger partial charge in [-0.3, -0.25) is 4.79 Å². The first-order valence-electron chi connectivity index (χ1n) is 8.46. The number of benzene rings is 1. The first kappa shape index (κ1) is 16.7. The number of amides is 1. The molecule has 0 spiro atoms. The topological polar surface area (TPSA) is 64.2 Å². The van der Waals surface area contributed by atoms with Crippen molar-refractivity contribution in [3.63, 3.8) is 0 Å². The molecule has 1 unspecified atom stereocenters. The van der Waals surface area contributed by atoms with Crippen molar-refractivity contribution in [2.45, 2.75) is 40.2 Å². The second kappa shape index (κ2) is 6.06. The number of rotatable bonds is 2. The lowest BCUT2D eigenvalue weighted by Gasteiger charge is -2.42. The predicted octanol–water partition coefficient (Wildman–Crippen LogP) is 2.69. The summed E-state index contributed by atoms with van der Waals surface area (Å²) in [7, 11) is 0. The van der Waals surface area contributed by atoms with Crippen molar-refractivity contribution < 1.29 is 4.79 Å². The van der Waals surface area contributed by atoms with Gasteiger partial charge in [0.2, 0.25) is 0 Å². The number of hydrogen-bond donors (Lipinski definition) is 1. The minimum atomic E-state index is -0.0441. The lowest BCUT2D eigenvalue weighted by atomic mass is 9.79. The molecule has 1 aromatic carbocycles. The molecule has 1 aliphatic rings. The van der Waals surface area contributed by atoms with Crippen LogP contribution in [0.25, 0.3) is 5.69 Å². The minimum Gasteiger partial charge on any atom is -0.338 e. The number of likely N-dealkylation sites (tertiary alicyclic amines) is 1. The Labute approximate surface area is 143 Å². The van der Waals surface area contributed by atoms with Crippen molar-refractivity contribution >= 4 is 5.91 Å². The van der Waals surface area contributed by atoms with Crippen molar-refractivity contribution in [2.75, 3.05) is 13.1 Å². The molecular weight excluding hydrogens is 300 g/mol. The van der Waals surface area contributed by atoms with Crippen LogP contribution in [0.3, 0.4) is 0 Å². The molecule has 0 bridgehead atoms. The molecule has 5 heteroatoms. The van der Waals surface area contributed by atoms with Gasteiger partial charge in [-0.2, -0.15) is 5.10 Å². The molecular formula is C19H26N4O. The number of hydrogen-bond acceptors (Lipinski definition) is 3. The number of aryl methyl sites for hydroxylation is 2. The van der Waals surface area contributed by atoms with Crippen molar-refractivity contribution in [1.29, 1.82) is 0 Å². The second-order valence-electron chi connectivity index (χ2n) is 7.50. The molecule has 0 saturated carbocycles. The van der Waals surface area contributed by atoms with Crippen LogP contribution in [-0.4, -0.2) is 39.7 Å². The van der Waals surface area contributed by atoms with Crippen LogP contribution in [-0.2, 0) is 0 Å². The zero-order valence-electron chi connectivity index (χ0n) is 14.9. The van der Waals surface area contributed by atoms with Crippen LogP contribution in [0.1, 0.15) is 42.0 Å². The Morgan fingerprint density at radius 3 is 2.46 bits per heavy atom. The van der Waals surface area contributed by atoms with Gasteiger partial charge in [0.1, 0.15) is 0 Å². The van der Waals surface area contributed by atoms with E-state index in [0.717, 1.165) is 30.0 Å². The van der Waals surface area contributed by atoms with Gasteiger partial charge in [-0.25, -0.2) is 4.68 Å². The van der Waals surface area contributed by atoms with E-state index in [2.05, 4.69) is 18.9 Å². The fourth-order valence-corrected chi connectivity index (χ4v) is 3.37. The number of piperidine rings is 1. The van der Waals surface area contributed by atoms with E-state index in [9.17, 15) is 4.79 Å². The lowest BCUT2D eigenvalue weighted by molar-refractivity contribution is 0.0533. The average molecular weight is 326 g/mol. The van der Waals surface area contributed by atoms with E-state index in [-0.39, 0.29) is 17.4 Å². The Hall–Kier alpha value is -2.14. The van der Waals surface area contributed by atoms with Crippen LogP contribution < -0.4 is 5.73 Å². The van der Waals surface area contributed by atoms with Gasteiger partial charge in [-0.05, 0) is 56.0 Å². The van der Waals surface area contributed by atoms with E-state index in [1.165, 1.54) is 0 Å². The van der Waals surface area contributed by atoms with E-state index in [4.69, 9.17) is 5.73 Å². The Morgan fingerprint density at radius 2 is 1.92 bits per heavy atom. The molecule has 0 radical (unpaired) electrons. The van der Waals surface area contributed by atoms with Crippen LogP contribution in [0.4, 0.5) is 0 Å². The van der Waals surface area contributed by atoms with Gasteiger partial charge in [-0.15, -0.1) is 0 Å². The summed E-state index contributed by atoms with van der Waals surface area (Å²) in [6.45, 7) is 9.68. The van der Waals surface area contributed by atoms with Gasteiger partial charge >= 0.3 is 0 Å². The van der Waals surface area contributed by atoms with E-state index in [1.807, 2.05) is 53.8 Å². The van der Waals surface area contributed by atoms with Gasteiger partial charge in [0.25, 0.3) is 5.91 Å². The van der Waals surface area contributed by atoms with Gasteiger partial charge in [0.15, 0.2) is 0 Å². The molecule has 0 aliphatic carbocycles. The Bertz CT molecular complexity index is 745. The van der Waals surface area contributed by atoms with Crippen LogP contribution in [0, 0.1) is 19.3 Å². The molecule has 3 rings (SSSR count). The minimum absolute atomic E-state index is 0.0441. The van der Waals surface area contributed by atoms with Crippen molar-refractivity contribution in [2.24, 2.45) is 11.1 Å². The third-order valence-corrected chi connectivity index (χ3v) is 4.97. The molecule has 128 valence electrons.